The second-order valence-electron chi connectivity index (χ2n) is 7.07. The maximum Gasteiger partial charge on any atom is 0.378 e. The van der Waals surface area contributed by atoms with Gasteiger partial charge in [0.15, 0.2) is 0 Å². The molecule has 4 rings (SSSR count). The molecule has 2 heterocycles. The Morgan fingerprint density at radius 3 is 2.45 bits per heavy atom. The lowest BCUT2D eigenvalue weighted by Crippen LogP contribution is -2.31. The molecule has 0 aliphatic carbocycles. The number of nitro groups is 1. The first-order valence-corrected chi connectivity index (χ1v) is 10.00. The fourth-order valence-corrected chi connectivity index (χ4v) is 3.57. The topological polar surface area (TPSA) is 141 Å². The predicted octanol–water partition coefficient (Wildman–Crippen LogP) is 3.55. The zero-order chi connectivity index (χ0) is 23.7. The van der Waals surface area contributed by atoms with Crippen LogP contribution in [0.5, 0.6) is 0 Å². The van der Waals surface area contributed by atoms with E-state index in [-0.39, 0.29) is 23.0 Å². The summed E-state index contributed by atoms with van der Waals surface area (Å²) < 4.78 is 6.08. The number of hydrogen-bond acceptors (Lipinski definition) is 8. The molecule has 1 atom stereocenters. The van der Waals surface area contributed by atoms with Crippen LogP contribution in [-0.2, 0) is 9.53 Å². The maximum absolute atomic E-state index is 13.3. The third-order valence-corrected chi connectivity index (χ3v) is 5.24. The number of nitrogens with one attached hydrogen (secondary N) is 2. The molecular formula is C21H17ClN6O5. The van der Waals surface area contributed by atoms with Crippen LogP contribution in [-0.4, -0.2) is 38.7 Å². The lowest BCUT2D eigenvalue weighted by molar-refractivity contribution is -0.384. The molecule has 1 aliphatic rings. The van der Waals surface area contributed by atoms with Crippen LogP contribution in [0, 0.1) is 10.1 Å². The molecule has 1 aliphatic heterocycles. The number of nitro benzene ring substituents is 1. The van der Waals surface area contributed by atoms with Crippen molar-refractivity contribution in [3.63, 3.8) is 0 Å². The molecule has 0 fully saturated rings. The monoisotopic (exact) mass is 468 g/mol. The summed E-state index contributed by atoms with van der Waals surface area (Å²) in [6, 6.07) is 11.5. The number of hydrogen-bond donors (Lipinski definition) is 2. The fraction of sp³-hybridized carbons (Fsp3) is 0.143. The van der Waals surface area contributed by atoms with Crippen molar-refractivity contribution in [3.05, 3.63) is 86.3 Å². The van der Waals surface area contributed by atoms with E-state index in [1.165, 1.54) is 36.1 Å². The first-order chi connectivity index (χ1) is 15.8. The summed E-state index contributed by atoms with van der Waals surface area (Å²) in [6.45, 7) is 1.69. The fourth-order valence-electron chi connectivity index (χ4n) is 3.44. The van der Waals surface area contributed by atoms with Crippen molar-refractivity contribution in [1.82, 2.24) is 14.8 Å². The Labute approximate surface area is 192 Å². The van der Waals surface area contributed by atoms with Gasteiger partial charge in [0.1, 0.15) is 6.04 Å². The highest BCUT2D eigenvalue weighted by molar-refractivity contribution is 6.30. The minimum atomic E-state index is -0.819. The largest absolute Gasteiger partial charge is 0.463 e. The molecule has 3 aromatic rings. The summed E-state index contributed by atoms with van der Waals surface area (Å²) in [5.74, 6) is -1.16. The molecular weight excluding hydrogens is 452 g/mol. The van der Waals surface area contributed by atoms with Crippen molar-refractivity contribution in [2.24, 2.45) is 0 Å². The predicted molar refractivity (Wildman–Crippen MR) is 119 cm³/mol. The minimum absolute atomic E-state index is 0.102. The number of methoxy groups -OCH3 is 1. The summed E-state index contributed by atoms with van der Waals surface area (Å²) in [5.41, 5.74) is 1.71. The number of carbonyl (C=O) groups is 2. The molecule has 11 nitrogen and oxygen atoms in total. The summed E-state index contributed by atoms with van der Waals surface area (Å²) in [4.78, 5) is 40.0. The number of anilines is 2. The zero-order valence-corrected chi connectivity index (χ0v) is 18.2. The number of nitrogens with zero attached hydrogens (tertiary/aromatic N) is 4. The molecule has 12 heteroatoms. The number of carbonyl (C=O) groups excluding carboxylic acids is 2. The van der Waals surface area contributed by atoms with E-state index in [1.807, 2.05) is 0 Å². The van der Waals surface area contributed by atoms with Gasteiger partial charge in [-0.25, -0.2) is 9.48 Å². The van der Waals surface area contributed by atoms with Gasteiger partial charge in [-0.2, -0.15) is 4.98 Å². The van der Waals surface area contributed by atoms with E-state index >= 15 is 0 Å². The van der Waals surface area contributed by atoms with E-state index in [4.69, 9.17) is 16.3 Å². The number of rotatable bonds is 5. The van der Waals surface area contributed by atoms with Crippen LogP contribution in [0.15, 0.2) is 59.8 Å². The Morgan fingerprint density at radius 2 is 1.85 bits per heavy atom. The quantitative estimate of drug-likeness (QED) is 0.329. The highest BCUT2D eigenvalue weighted by Gasteiger charge is 2.35. The van der Waals surface area contributed by atoms with E-state index in [0.717, 1.165) is 0 Å². The number of allylic oxidation sites excluding steroid dienone is 1. The molecule has 1 aromatic heterocycles. The smallest absolute Gasteiger partial charge is 0.378 e. The molecule has 0 radical (unpaired) electrons. The third kappa shape index (κ3) is 4.26. The van der Waals surface area contributed by atoms with Gasteiger partial charge in [0.2, 0.25) is 5.95 Å². The van der Waals surface area contributed by atoms with Crippen LogP contribution in [0.4, 0.5) is 17.3 Å². The van der Waals surface area contributed by atoms with Gasteiger partial charge in [0, 0.05) is 28.5 Å². The first kappa shape index (κ1) is 22.0. The number of ether oxygens (including phenoxy) is 1. The Morgan fingerprint density at radius 1 is 1.18 bits per heavy atom. The standard InChI is InChI=1S/C21H17ClN6O5/c1-11-16(19(29)24-14-7-5-13(22)6-8-14)17(12-3-9-15(10-4-12)28(31)32)27-21(23-11)25-18(26-27)20(30)33-2/h3-10,17H,1-2H3,(H,24,29)(H,23,25,26)/t17-/m1/s1. The number of halogens is 1. The van der Waals surface area contributed by atoms with E-state index in [0.29, 0.717) is 22.0 Å². The van der Waals surface area contributed by atoms with Crippen molar-refractivity contribution in [2.45, 2.75) is 13.0 Å². The molecule has 0 saturated heterocycles. The van der Waals surface area contributed by atoms with Crippen LogP contribution in [0.3, 0.4) is 0 Å². The lowest BCUT2D eigenvalue weighted by atomic mass is 9.95. The summed E-state index contributed by atoms with van der Waals surface area (Å²) in [7, 11) is 1.21. The van der Waals surface area contributed by atoms with Gasteiger partial charge in [0.05, 0.1) is 17.6 Å². The highest BCUT2D eigenvalue weighted by atomic mass is 35.5. The SMILES string of the molecule is COC(=O)c1nc2n(n1)[C@H](c1ccc([N+](=O)[O-])cc1)C(C(=O)Nc1ccc(Cl)cc1)=C(C)N2. The van der Waals surface area contributed by atoms with Gasteiger partial charge < -0.3 is 15.4 Å². The second kappa shape index (κ2) is 8.71. The van der Waals surface area contributed by atoms with Crippen molar-refractivity contribution < 1.29 is 19.2 Å². The minimum Gasteiger partial charge on any atom is -0.463 e. The van der Waals surface area contributed by atoms with E-state index in [2.05, 4.69) is 20.7 Å². The van der Waals surface area contributed by atoms with Gasteiger partial charge >= 0.3 is 5.97 Å². The zero-order valence-electron chi connectivity index (χ0n) is 17.4. The Hall–Kier alpha value is -4.25. The number of fused-ring (bicyclic) bond motifs is 1. The van der Waals surface area contributed by atoms with E-state index in [9.17, 15) is 19.7 Å². The van der Waals surface area contributed by atoms with Crippen LogP contribution in [0.1, 0.15) is 29.1 Å². The summed E-state index contributed by atoms with van der Waals surface area (Å²) in [5, 5.41) is 21.6. The maximum atomic E-state index is 13.3. The molecule has 1 amide bonds. The lowest BCUT2D eigenvalue weighted by Gasteiger charge is -2.28. The van der Waals surface area contributed by atoms with Crippen molar-refractivity contribution in [3.8, 4) is 0 Å². The molecule has 2 aromatic carbocycles. The molecule has 0 bridgehead atoms. The second-order valence-corrected chi connectivity index (χ2v) is 7.51. The molecule has 33 heavy (non-hydrogen) atoms. The number of non-ortho nitro benzene ring substituents is 1. The Balaban J connectivity index is 1.79. The normalized spacial score (nSPS) is 14.8. The van der Waals surface area contributed by atoms with Crippen LogP contribution < -0.4 is 10.6 Å². The van der Waals surface area contributed by atoms with Crippen molar-refractivity contribution in [1.29, 1.82) is 0 Å². The Bertz CT molecular complexity index is 1280. The van der Waals surface area contributed by atoms with Crippen LogP contribution >= 0.6 is 11.6 Å². The van der Waals surface area contributed by atoms with E-state index < -0.39 is 22.8 Å². The first-order valence-electron chi connectivity index (χ1n) is 9.62. The van der Waals surface area contributed by atoms with Gasteiger partial charge in [-0.1, -0.05) is 11.6 Å². The van der Waals surface area contributed by atoms with Crippen molar-refractivity contribution >= 4 is 40.8 Å². The van der Waals surface area contributed by atoms with Gasteiger partial charge in [-0.15, -0.1) is 5.10 Å². The average Bonchev–Trinajstić information content (AvgIpc) is 3.22. The molecule has 168 valence electrons. The average molecular weight is 469 g/mol. The van der Waals surface area contributed by atoms with Gasteiger partial charge in [0.25, 0.3) is 17.4 Å². The summed E-state index contributed by atoms with van der Waals surface area (Å²) >= 11 is 5.92. The van der Waals surface area contributed by atoms with Crippen LogP contribution in [0.25, 0.3) is 0 Å². The Kier molecular flexibility index (Phi) is 5.80. The summed E-state index contributed by atoms with van der Waals surface area (Å²) in [6.07, 6.45) is 0. The van der Waals surface area contributed by atoms with Gasteiger partial charge in [-0.05, 0) is 48.9 Å². The van der Waals surface area contributed by atoms with Crippen molar-refractivity contribution in [2.75, 3.05) is 17.7 Å². The molecule has 0 spiro atoms. The molecule has 2 N–H and O–H groups in total. The van der Waals surface area contributed by atoms with Gasteiger partial charge in [-0.3, -0.25) is 14.9 Å². The number of esters is 1. The number of benzene rings is 2. The number of amides is 1. The molecule has 0 unspecified atom stereocenters. The highest BCUT2D eigenvalue weighted by Crippen LogP contribution is 2.36. The van der Waals surface area contributed by atoms with E-state index in [1.54, 1.807) is 31.2 Å². The number of aromatic nitrogens is 3. The third-order valence-electron chi connectivity index (χ3n) is 4.99. The van der Waals surface area contributed by atoms with Crippen LogP contribution in [0.2, 0.25) is 5.02 Å². The molecule has 0 saturated carbocycles.